The Morgan fingerprint density at radius 1 is 1.39 bits per heavy atom. The van der Waals surface area contributed by atoms with E-state index in [1.807, 2.05) is 0 Å². The number of aliphatic hydroxyl groups excluding tert-OH is 1. The molecule has 2 aliphatic rings. The lowest BCUT2D eigenvalue weighted by Gasteiger charge is -2.49. The second-order valence-corrected chi connectivity index (χ2v) is 14.4. The van der Waals surface area contributed by atoms with Gasteiger partial charge in [0.15, 0.2) is 8.32 Å². The first-order valence-corrected chi connectivity index (χ1v) is 12.4. The van der Waals surface area contributed by atoms with Crippen molar-refractivity contribution in [1.29, 1.82) is 0 Å². The second kappa shape index (κ2) is 6.65. The van der Waals surface area contributed by atoms with Gasteiger partial charge in [0.05, 0.1) is 0 Å². The summed E-state index contributed by atoms with van der Waals surface area (Å²) in [4.78, 5) is 0. The summed E-state index contributed by atoms with van der Waals surface area (Å²) in [7, 11) is -1.71. The van der Waals surface area contributed by atoms with Gasteiger partial charge in [-0.2, -0.15) is 0 Å². The molecule has 2 aliphatic carbocycles. The average molecular weight is 339 g/mol. The molecule has 1 N–H and O–H groups in total. The van der Waals surface area contributed by atoms with E-state index in [4.69, 9.17) is 4.43 Å². The summed E-state index contributed by atoms with van der Waals surface area (Å²) in [5.41, 5.74) is 1.89. The highest BCUT2D eigenvalue weighted by Crippen LogP contribution is 2.56. The third-order valence-electron chi connectivity index (χ3n) is 7.05. The molecule has 134 valence electrons. The van der Waals surface area contributed by atoms with E-state index in [0.29, 0.717) is 30.0 Å². The first kappa shape index (κ1) is 19.2. The predicted molar refractivity (Wildman–Crippen MR) is 101 cm³/mol. The van der Waals surface area contributed by atoms with E-state index in [9.17, 15) is 5.11 Å². The molecule has 2 rings (SSSR count). The van der Waals surface area contributed by atoms with Crippen LogP contribution in [0.25, 0.3) is 0 Å². The van der Waals surface area contributed by atoms with Gasteiger partial charge in [0.25, 0.3) is 0 Å². The Bertz CT molecular complexity index is 449. The fourth-order valence-electron chi connectivity index (χ4n) is 4.53. The molecule has 0 bridgehead atoms. The van der Waals surface area contributed by atoms with Crippen molar-refractivity contribution in [3.8, 4) is 0 Å². The van der Waals surface area contributed by atoms with Crippen molar-refractivity contribution >= 4 is 8.32 Å². The maximum Gasteiger partial charge on any atom is 0.192 e. The molecular weight excluding hydrogens is 300 g/mol. The number of hydrogen-bond donors (Lipinski definition) is 1. The maximum absolute atomic E-state index is 9.33. The minimum Gasteiger partial charge on any atom is -0.414 e. The number of rotatable bonds is 5. The summed E-state index contributed by atoms with van der Waals surface area (Å²) in [6, 6.07) is 0. The lowest BCUT2D eigenvalue weighted by Crippen LogP contribution is -2.49. The summed E-state index contributed by atoms with van der Waals surface area (Å²) in [6.07, 6.45) is 8.75. The first-order valence-electron chi connectivity index (χ1n) is 9.52. The maximum atomic E-state index is 9.33. The van der Waals surface area contributed by atoms with Gasteiger partial charge in [0.1, 0.15) is 0 Å². The zero-order valence-corrected chi connectivity index (χ0v) is 17.4. The Morgan fingerprint density at radius 3 is 2.61 bits per heavy atom. The van der Waals surface area contributed by atoms with Crippen molar-refractivity contribution < 1.29 is 9.53 Å². The van der Waals surface area contributed by atoms with Gasteiger partial charge < -0.3 is 9.53 Å². The zero-order chi connectivity index (χ0) is 17.5. The number of hydrogen-bond acceptors (Lipinski definition) is 2. The molecule has 0 spiro atoms. The highest BCUT2D eigenvalue weighted by atomic mass is 28.4. The quantitative estimate of drug-likeness (QED) is 0.527. The third kappa shape index (κ3) is 3.62. The fraction of sp³-hybridized carbons (Fsp3) is 0.900. The molecule has 0 aliphatic heterocycles. The third-order valence-corrected chi connectivity index (χ3v) is 11.6. The van der Waals surface area contributed by atoms with Gasteiger partial charge in [-0.3, -0.25) is 0 Å². The van der Waals surface area contributed by atoms with Crippen molar-refractivity contribution in [2.75, 3.05) is 6.61 Å². The molecule has 0 aromatic carbocycles. The minimum atomic E-state index is -1.71. The van der Waals surface area contributed by atoms with Crippen molar-refractivity contribution in [3.63, 3.8) is 0 Å². The number of allylic oxidation sites excluding steroid dienone is 2. The molecule has 0 radical (unpaired) electrons. The second-order valence-electron chi connectivity index (χ2n) is 9.64. The van der Waals surface area contributed by atoms with Gasteiger partial charge in [-0.15, -0.1) is 0 Å². The van der Waals surface area contributed by atoms with Crippen LogP contribution in [-0.2, 0) is 4.43 Å². The number of aliphatic hydroxyl groups is 1. The fourth-order valence-corrected chi connectivity index (χ4v) is 5.93. The van der Waals surface area contributed by atoms with Crippen molar-refractivity contribution in [3.05, 3.63) is 11.6 Å². The van der Waals surface area contributed by atoms with Crippen molar-refractivity contribution in [2.24, 2.45) is 17.3 Å². The molecular formula is C20H38O2Si. The first-order chi connectivity index (χ1) is 10.5. The topological polar surface area (TPSA) is 29.5 Å². The summed E-state index contributed by atoms with van der Waals surface area (Å²) < 4.78 is 6.87. The van der Waals surface area contributed by atoms with Crippen LogP contribution in [0.2, 0.25) is 18.1 Å². The van der Waals surface area contributed by atoms with Crippen LogP contribution in [0.5, 0.6) is 0 Å². The van der Waals surface area contributed by atoms with E-state index in [1.165, 1.54) is 25.7 Å². The summed E-state index contributed by atoms with van der Waals surface area (Å²) >= 11 is 0. The van der Waals surface area contributed by atoms with E-state index in [1.54, 1.807) is 5.57 Å². The molecule has 0 saturated heterocycles. The molecule has 3 heteroatoms. The van der Waals surface area contributed by atoms with Gasteiger partial charge in [0, 0.05) is 12.7 Å². The van der Waals surface area contributed by atoms with Gasteiger partial charge in [-0.05, 0) is 61.1 Å². The molecule has 0 aromatic heterocycles. The van der Waals surface area contributed by atoms with Crippen LogP contribution in [0.1, 0.15) is 66.7 Å². The van der Waals surface area contributed by atoms with Crippen LogP contribution in [0, 0.1) is 17.3 Å². The normalized spacial score (nSPS) is 33.3. The summed E-state index contributed by atoms with van der Waals surface area (Å²) in [5.74, 6) is 1.14. The lowest BCUT2D eigenvalue weighted by molar-refractivity contribution is 0.0156. The van der Waals surface area contributed by atoms with Gasteiger partial charge >= 0.3 is 0 Å². The van der Waals surface area contributed by atoms with Crippen LogP contribution in [0.15, 0.2) is 11.6 Å². The van der Waals surface area contributed by atoms with Crippen LogP contribution >= 0.6 is 0 Å². The Labute approximate surface area is 144 Å². The summed E-state index contributed by atoms with van der Waals surface area (Å²) in [6.45, 7) is 16.8. The van der Waals surface area contributed by atoms with Gasteiger partial charge in [-0.1, -0.05) is 52.7 Å². The minimum absolute atomic E-state index is 0.278. The molecule has 23 heavy (non-hydrogen) atoms. The molecule has 4 atom stereocenters. The smallest absolute Gasteiger partial charge is 0.192 e. The van der Waals surface area contributed by atoms with Crippen LogP contribution in [0.4, 0.5) is 0 Å². The molecule has 1 fully saturated rings. The monoisotopic (exact) mass is 338 g/mol. The SMILES string of the molecule is C[C@@H](CCO)C1=CC[C@H]2C(O[Si](C)(C)C(C)(C)C)CCCC12C. The van der Waals surface area contributed by atoms with Crippen molar-refractivity contribution in [1.82, 2.24) is 0 Å². The summed E-state index contributed by atoms with van der Waals surface area (Å²) in [5, 5.41) is 9.60. The Balaban J connectivity index is 2.16. The van der Waals surface area contributed by atoms with E-state index < -0.39 is 8.32 Å². The Kier molecular flexibility index (Phi) is 5.55. The highest BCUT2D eigenvalue weighted by molar-refractivity contribution is 6.74. The average Bonchev–Trinajstić information content (AvgIpc) is 2.75. The molecule has 0 aromatic rings. The van der Waals surface area contributed by atoms with E-state index in [0.717, 1.165) is 6.42 Å². The molecule has 1 saturated carbocycles. The lowest BCUT2D eigenvalue weighted by atomic mass is 9.63. The van der Waals surface area contributed by atoms with Crippen LogP contribution in [-0.4, -0.2) is 26.1 Å². The van der Waals surface area contributed by atoms with E-state index in [-0.39, 0.29) is 5.04 Å². The van der Waals surface area contributed by atoms with Gasteiger partial charge in [0.2, 0.25) is 0 Å². The predicted octanol–water partition coefficient (Wildman–Crippen LogP) is 5.53. The van der Waals surface area contributed by atoms with Gasteiger partial charge in [-0.25, -0.2) is 0 Å². The Morgan fingerprint density at radius 2 is 2.04 bits per heavy atom. The molecule has 0 heterocycles. The van der Waals surface area contributed by atoms with Crippen molar-refractivity contribution in [2.45, 2.75) is 91.0 Å². The number of fused-ring (bicyclic) bond motifs is 1. The van der Waals surface area contributed by atoms with Crippen LogP contribution in [0.3, 0.4) is 0 Å². The molecule has 2 nitrogen and oxygen atoms in total. The molecule has 0 amide bonds. The van der Waals surface area contributed by atoms with E-state index >= 15 is 0 Å². The highest BCUT2D eigenvalue weighted by Gasteiger charge is 2.51. The zero-order valence-electron chi connectivity index (χ0n) is 16.4. The Hall–Kier alpha value is -0.123. The molecule has 2 unspecified atom stereocenters. The standard InChI is InChI=1S/C20H38O2Si/c1-15(12-14-21)16-10-11-17-18(9-8-13-20(16,17)5)22-23(6,7)19(2,3)4/h10,15,17-18,21H,8-9,11-14H2,1-7H3/t15-,17-,18?,20?/m0/s1. The van der Waals surface area contributed by atoms with E-state index in [2.05, 4.69) is 53.8 Å². The van der Waals surface area contributed by atoms with Crippen LogP contribution < -0.4 is 0 Å². The largest absolute Gasteiger partial charge is 0.414 e.